The number of carbonyl (C=O) groups is 1. The van der Waals surface area contributed by atoms with Gasteiger partial charge in [-0.25, -0.2) is 0 Å². The van der Waals surface area contributed by atoms with E-state index in [2.05, 4.69) is 27.7 Å². The Kier molecular flexibility index (Phi) is 5.51. The highest BCUT2D eigenvalue weighted by molar-refractivity contribution is 5.92. The van der Waals surface area contributed by atoms with Crippen LogP contribution in [0.25, 0.3) is 11.4 Å². The second-order valence-electron chi connectivity index (χ2n) is 5.40. The number of amides is 1. The molecule has 1 aromatic carbocycles. The molecule has 1 aliphatic rings. The predicted octanol–water partition coefficient (Wildman–Crippen LogP) is 2.49. The van der Waals surface area contributed by atoms with Gasteiger partial charge < -0.3 is 15.2 Å². The Morgan fingerprint density at radius 3 is 2.77 bits per heavy atom. The number of nitrogens with zero attached hydrogens (tertiary/aromatic N) is 2. The van der Waals surface area contributed by atoms with Crippen LogP contribution in [0.3, 0.4) is 0 Å². The first-order chi connectivity index (χ1) is 10.2. The van der Waals surface area contributed by atoms with Gasteiger partial charge in [0.1, 0.15) is 0 Å². The third-order valence-corrected chi connectivity index (χ3v) is 3.77. The molecule has 7 heteroatoms. The zero-order valence-electron chi connectivity index (χ0n) is 12.3. The first-order valence-electron chi connectivity index (χ1n) is 7.13. The Morgan fingerprint density at radius 1 is 1.36 bits per heavy atom. The SMILES string of the molecule is C[C@H]1C[C@@H](C(=O)Nc2ccc(-c3ncon3)cc2)CCN1.Cl. The fourth-order valence-corrected chi connectivity index (χ4v) is 2.61. The van der Waals surface area contributed by atoms with Crippen LogP contribution >= 0.6 is 12.4 Å². The van der Waals surface area contributed by atoms with E-state index in [-0.39, 0.29) is 24.2 Å². The number of piperidine rings is 1. The van der Waals surface area contributed by atoms with Gasteiger partial charge in [-0.1, -0.05) is 5.16 Å². The van der Waals surface area contributed by atoms with Gasteiger partial charge in [0.15, 0.2) is 0 Å². The maximum atomic E-state index is 12.2. The summed E-state index contributed by atoms with van der Waals surface area (Å²) in [4.78, 5) is 16.2. The lowest BCUT2D eigenvalue weighted by atomic mass is 9.92. The Balaban J connectivity index is 0.00000176. The second-order valence-corrected chi connectivity index (χ2v) is 5.40. The molecule has 3 rings (SSSR count). The van der Waals surface area contributed by atoms with Crippen LogP contribution in [0.5, 0.6) is 0 Å². The summed E-state index contributed by atoms with van der Waals surface area (Å²) in [7, 11) is 0. The van der Waals surface area contributed by atoms with Crippen LogP contribution in [-0.2, 0) is 4.79 Å². The van der Waals surface area contributed by atoms with Crippen molar-refractivity contribution in [3.63, 3.8) is 0 Å². The molecule has 22 heavy (non-hydrogen) atoms. The van der Waals surface area contributed by atoms with E-state index in [1.165, 1.54) is 6.39 Å². The zero-order valence-corrected chi connectivity index (χ0v) is 13.1. The van der Waals surface area contributed by atoms with Gasteiger partial charge in [-0.05, 0) is 50.6 Å². The second kappa shape index (κ2) is 7.38. The van der Waals surface area contributed by atoms with Crippen LogP contribution < -0.4 is 10.6 Å². The Hall–Kier alpha value is -1.92. The fourth-order valence-electron chi connectivity index (χ4n) is 2.61. The van der Waals surface area contributed by atoms with Gasteiger partial charge in [0.2, 0.25) is 18.1 Å². The summed E-state index contributed by atoms with van der Waals surface area (Å²) in [5, 5.41) is 10.1. The minimum Gasteiger partial charge on any atom is -0.342 e. The monoisotopic (exact) mass is 322 g/mol. The van der Waals surface area contributed by atoms with E-state index in [9.17, 15) is 4.79 Å². The van der Waals surface area contributed by atoms with Gasteiger partial charge in [0, 0.05) is 23.2 Å². The van der Waals surface area contributed by atoms with Crippen molar-refractivity contribution < 1.29 is 9.32 Å². The molecule has 0 aliphatic carbocycles. The summed E-state index contributed by atoms with van der Waals surface area (Å²) in [5.74, 6) is 0.717. The normalized spacial score (nSPS) is 21.0. The molecule has 0 radical (unpaired) electrons. The molecular formula is C15H19ClN4O2. The van der Waals surface area contributed by atoms with Crippen molar-refractivity contribution in [2.24, 2.45) is 5.92 Å². The number of rotatable bonds is 3. The molecule has 0 saturated carbocycles. The lowest BCUT2D eigenvalue weighted by Gasteiger charge is -2.27. The molecule has 6 nitrogen and oxygen atoms in total. The molecule has 1 fully saturated rings. The van der Waals surface area contributed by atoms with Crippen molar-refractivity contribution in [3.8, 4) is 11.4 Å². The van der Waals surface area contributed by atoms with Gasteiger partial charge in [-0.3, -0.25) is 4.79 Å². The van der Waals surface area contributed by atoms with E-state index >= 15 is 0 Å². The van der Waals surface area contributed by atoms with E-state index in [4.69, 9.17) is 4.52 Å². The summed E-state index contributed by atoms with van der Waals surface area (Å²) in [5.41, 5.74) is 1.65. The number of halogens is 1. The highest BCUT2D eigenvalue weighted by Gasteiger charge is 2.24. The molecule has 2 N–H and O–H groups in total. The molecule has 118 valence electrons. The summed E-state index contributed by atoms with van der Waals surface area (Å²) < 4.78 is 4.72. The Morgan fingerprint density at radius 2 is 2.14 bits per heavy atom. The number of benzene rings is 1. The average molecular weight is 323 g/mol. The molecule has 2 aromatic rings. The third kappa shape index (κ3) is 3.84. The lowest BCUT2D eigenvalue weighted by molar-refractivity contribution is -0.120. The topological polar surface area (TPSA) is 80.1 Å². The molecule has 1 saturated heterocycles. The molecule has 1 aromatic heterocycles. The number of hydrogen-bond acceptors (Lipinski definition) is 5. The summed E-state index contributed by atoms with van der Waals surface area (Å²) >= 11 is 0. The molecule has 1 amide bonds. The molecule has 0 unspecified atom stereocenters. The van der Waals surface area contributed by atoms with Gasteiger partial charge in [-0.15, -0.1) is 12.4 Å². The van der Waals surface area contributed by atoms with E-state index in [0.717, 1.165) is 30.6 Å². The average Bonchev–Trinajstić information content (AvgIpc) is 3.02. The Bertz CT molecular complexity index is 601. The minimum absolute atomic E-state index is 0. The smallest absolute Gasteiger partial charge is 0.227 e. The number of aromatic nitrogens is 2. The molecule has 0 bridgehead atoms. The first-order valence-corrected chi connectivity index (χ1v) is 7.13. The molecular weight excluding hydrogens is 304 g/mol. The molecule has 0 spiro atoms. The van der Waals surface area contributed by atoms with Crippen LogP contribution in [0.1, 0.15) is 19.8 Å². The standard InChI is InChI=1S/C15H18N4O2.ClH/c1-10-8-12(6-7-16-10)15(20)18-13-4-2-11(3-5-13)14-17-9-21-19-14;/h2-5,9-10,12,16H,6-8H2,1H3,(H,18,20);1H/t10-,12-;/m0./s1. The third-order valence-electron chi connectivity index (χ3n) is 3.77. The van der Waals surface area contributed by atoms with E-state index in [1.807, 2.05) is 24.3 Å². The highest BCUT2D eigenvalue weighted by Crippen LogP contribution is 2.21. The lowest BCUT2D eigenvalue weighted by Crippen LogP contribution is -2.40. The minimum atomic E-state index is 0. The number of carbonyl (C=O) groups excluding carboxylic acids is 1. The van der Waals surface area contributed by atoms with Crippen LogP contribution in [0.4, 0.5) is 5.69 Å². The summed E-state index contributed by atoms with van der Waals surface area (Å²) in [6.07, 6.45) is 3.06. The van der Waals surface area contributed by atoms with Crippen molar-refractivity contribution in [1.82, 2.24) is 15.5 Å². The summed E-state index contributed by atoms with van der Waals surface area (Å²) in [6.45, 7) is 3.01. The molecule has 2 atom stereocenters. The summed E-state index contributed by atoms with van der Waals surface area (Å²) in [6, 6.07) is 7.84. The molecule has 1 aliphatic heterocycles. The van der Waals surface area contributed by atoms with Crippen molar-refractivity contribution in [1.29, 1.82) is 0 Å². The van der Waals surface area contributed by atoms with Gasteiger partial charge >= 0.3 is 0 Å². The van der Waals surface area contributed by atoms with Crippen molar-refractivity contribution in [2.45, 2.75) is 25.8 Å². The predicted molar refractivity (Wildman–Crippen MR) is 85.8 cm³/mol. The quantitative estimate of drug-likeness (QED) is 0.907. The van der Waals surface area contributed by atoms with Crippen LogP contribution in [0, 0.1) is 5.92 Å². The largest absolute Gasteiger partial charge is 0.342 e. The fraction of sp³-hybridized carbons (Fsp3) is 0.400. The van der Waals surface area contributed by atoms with Crippen LogP contribution in [-0.4, -0.2) is 28.6 Å². The van der Waals surface area contributed by atoms with Crippen LogP contribution in [0.15, 0.2) is 35.2 Å². The maximum Gasteiger partial charge on any atom is 0.227 e. The van der Waals surface area contributed by atoms with Gasteiger partial charge in [0.25, 0.3) is 0 Å². The van der Waals surface area contributed by atoms with Crippen LogP contribution in [0.2, 0.25) is 0 Å². The number of hydrogen-bond donors (Lipinski definition) is 2. The molecule has 2 heterocycles. The first kappa shape index (κ1) is 16.5. The van der Waals surface area contributed by atoms with E-state index in [0.29, 0.717) is 11.9 Å². The van der Waals surface area contributed by atoms with Gasteiger partial charge in [-0.2, -0.15) is 4.98 Å². The van der Waals surface area contributed by atoms with Crippen molar-refractivity contribution in [3.05, 3.63) is 30.7 Å². The highest BCUT2D eigenvalue weighted by atomic mass is 35.5. The maximum absolute atomic E-state index is 12.2. The number of nitrogens with one attached hydrogen (secondary N) is 2. The van der Waals surface area contributed by atoms with Gasteiger partial charge in [0.05, 0.1) is 0 Å². The number of anilines is 1. The van der Waals surface area contributed by atoms with Crippen molar-refractivity contribution in [2.75, 3.05) is 11.9 Å². The zero-order chi connectivity index (χ0) is 14.7. The van der Waals surface area contributed by atoms with Crippen molar-refractivity contribution >= 4 is 24.0 Å². The Labute approximate surface area is 135 Å². The van der Waals surface area contributed by atoms with E-state index < -0.39 is 0 Å². The van der Waals surface area contributed by atoms with E-state index in [1.54, 1.807) is 0 Å².